The van der Waals surface area contributed by atoms with Gasteiger partial charge in [-0.2, -0.15) is 10.2 Å². The van der Waals surface area contributed by atoms with Crippen molar-refractivity contribution >= 4 is 44.4 Å². The SMILES string of the molecule is CSC([S-])=NN=Cc1ccccn1.[Cl][Pt+]. The van der Waals surface area contributed by atoms with E-state index >= 15 is 0 Å². The number of pyridine rings is 1. The summed E-state index contributed by atoms with van der Waals surface area (Å²) in [4.78, 5) is 4.04. The molecule has 1 aromatic heterocycles. The van der Waals surface area contributed by atoms with Crippen LogP contribution in [0.15, 0.2) is 34.6 Å². The second-order valence-corrected chi connectivity index (χ2v) is 3.51. The summed E-state index contributed by atoms with van der Waals surface area (Å²) >= 11 is 7.83. The van der Waals surface area contributed by atoms with E-state index in [1.807, 2.05) is 24.5 Å². The molecule has 3 nitrogen and oxygen atoms in total. The Kier molecular flexibility index (Phi) is 10.6. The van der Waals surface area contributed by atoms with Crippen molar-refractivity contribution < 1.29 is 18.8 Å². The molecule has 7 heteroatoms. The minimum absolute atomic E-state index is 0.521. The van der Waals surface area contributed by atoms with E-state index < -0.39 is 0 Å². The Morgan fingerprint density at radius 3 is 2.87 bits per heavy atom. The molecular formula is C8H8ClN3PtS2. The van der Waals surface area contributed by atoms with Crippen LogP contribution >= 0.6 is 21.2 Å². The van der Waals surface area contributed by atoms with Crippen molar-refractivity contribution in [2.45, 2.75) is 0 Å². The summed E-state index contributed by atoms with van der Waals surface area (Å²) in [5.41, 5.74) is 0.773. The van der Waals surface area contributed by atoms with E-state index in [2.05, 4.69) is 24.6 Å². The molecule has 1 heterocycles. The monoisotopic (exact) mass is 440 g/mol. The zero-order valence-electron chi connectivity index (χ0n) is 7.74. The van der Waals surface area contributed by atoms with Crippen LogP contribution in [0.25, 0.3) is 0 Å². The third-order valence-electron chi connectivity index (χ3n) is 1.19. The molecule has 1 rings (SSSR count). The fourth-order valence-corrected chi connectivity index (χ4v) is 0.804. The number of thioether (sulfide) groups is 1. The van der Waals surface area contributed by atoms with Gasteiger partial charge in [0, 0.05) is 6.20 Å². The minimum atomic E-state index is 0.521. The summed E-state index contributed by atoms with van der Waals surface area (Å²) in [6.45, 7) is 0. The fraction of sp³-hybridized carbons (Fsp3) is 0.125. The van der Waals surface area contributed by atoms with E-state index in [4.69, 9.17) is 12.6 Å². The molecule has 0 N–H and O–H groups in total. The van der Waals surface area contributed by atoms with Gasteiger partial charge in [-0.1, -0.05) is 6.07 Å². The molecule has 0 saturated carbocycles. The molecule has 0 atom stereocenters. The average Bonchev–Trinajstić information content (AvgIpc) is 2.33. The Morgan fingerprint density at radius 2 is 2.33 bits per heavy atom. The first kappa shape index (κ1) is 15.0. The van der Waals surface area contributed by atoms with Gasteiger partial charge in [-0.3, -0.25) is 4.98 Å². The second-order valence-electron chi connectivity index (χ2n) is 2.07. The molecule has 0 fully saturated rings. The van der Waals surface area contributed by atoms with Crippen LogP contribution in [0.5, 0.6) is 0 Å². The van der Waals surface area contributed by atoms with Gasteiger partial charge < -0.3 is 12.6 Å². The summed E-state index contributed by atoms with van der Waals surface area (Å²) in [6.07, 6.45) is 5.14. The van der Waals surface area contributed by atoms with Gasteiger partial charge in [-0.15, -0.1) is 11.8 Å². The van der Waals surface area contributed by atoms with Crippen molar-refractivity contribution in [1.29, 1.82) is 0 Å². The van der Waals surface area contributed by atoms with Gasteiger partial charge in [0.25, 0.3) is 0 Å². The van der Waals surface area contributed by atoms with Crippen LogP contribution < -0.4 is 0 Å². The molecule has 0 unspecified atom stereocenters. The van der Waals surface area contributed by atoms with E-state index in [0.717, 1.165) is 5.69 Å². The predicted octanol–water partition coefficient (Wildman–Crippen LogP) is 2.37. The van der Waals surface area contributed by atoms with Crippen LogP contribution in [0.3, 0.4) is 0 Å². The van der Waals surface area contributed by atoms with Gasteiger partial charge in [0.15, 0.2) is 0 Å². The van der Waals surface area contributed by atoms with E-state index in [9.17, 15) is 0 Å². The molecule has 15 heavy (non-hydrogen) atoms. The Morgan fingerprint density at radius 1 is 1.60 bits per heavy atom. The number of rotatable bonds is 2. The normalized spacial score (nSPS) is 11.1. The van der Waals surface area contributed by atoms with Crippen LogP contribution in [-0.2, 0) is 31.4 Å². The Bertz CT molecular complexity index is 319. The summed E-state index contributed by atoms with van der Waals surface area (Å²) in [5.74, 6) is 0. The van der Waals surface area contributed by atoms with Crippen LogP contribution in [0.4, 0.5) is 0 Å². The van der Waals surface area contributed by atoms with E-state index in [1.54, 1.807) is 31.2 Å². The van der Waals surface area contributed by atoms with Gasteiger partial charge in [0.1, 0.15) is 0 Å². The zero-order chi connectivity index (χ0) is 11.5. The molecule has 0 amide bonds. The first-order chi connectivity index (χ1) is 7.33. The third kappa shape index (κ3) is 7.91. The molecule has 84 valence electrons. The van der Waals surface area contributed by atoms with Gasteiger partial charge in [0.05, 0.1) is 11.9 Å². The van der Waals surface area contributed by atoms with E-state index in [0.29, 0.717) is 4.38 Å². The molecule has 0 aliphatic carbocycles. The van der Waals surface area contributed by atoms with Gasteiger partial charge in [-0.25, -0.2) is 0 Å². The number of hydrogen-bond donors (Lipinski definition) is 0. The second kappa shape index (κ2) is 10.6. The van der Waals surface area contributed by atoms with Crippen molar-refractivity contribution in [3.8, 4) is 0 Å². The van der Waals surface area contributed by atoms with Gasteiger partial charge >= 0.3 is 28.2 Å². The molecule has 0 saturated heterocycles. The number of hydrogen-bond acceptors (Lipinski definition) is 5. The molecule has 1 aromatic rings. The summed E-state index contributed by atoms with van der Waals surface area (Å²) in [6, 6.07) is 5.59. The fourth-order valence-electron chi connectivity index (χ4n) is 0.628. The standard InChI is InChI=1S/C8H9N3S2.ClH.Pt/c1-13-8(12)11-10-6-7-4-2-3-5-9-7;;/h2-6H,1H3,(H,11,12);1H;/q;;+2/p-2. The number of nitrogens with zero attached hydrogens (tertiary/aromatic N) is 3. The topological polar surface area (TPSA) is 37.6 Å². The van der Waals surface area contributed by atoms with E-state index in [1.165, 1.54) is 11.8 Å². The molecule has 0 aliphatic rings. The molecular weight excluding hydrogens is 433 g/mol. The van der Waals surface area contributed by atoms with Crippen LogP contribution in [0.2, 0.25) is 0 Å². The summed E-state index contributed by atoms with van der Waals surface area (Å²) in [5, 5.41) is 7.55. The first-order valence-corrected chi connectivity index (χ1v) is 8.13. The van der Waals surface area contributed by atoms with Crippen LogP contribution in [0, 0.1) is 0 Å². The molecule has 0 bridgehead atoms. The van der Waals surface area contributed by atoms with E-state index in [-0.39, 0.29) is 0 Å². The predicted molar refractivity (Wildman–Crippen MR) is 66.0 cm³/mol. The Hall–Kier alpha value is 0.0383. The van der Waals surface area contributed by atoms with Crippen molar-refractivity contribution in [3.05, 3.63) is 30.1 Å². The maximum absolute atomic E-state index is 4.83. The van der Waals surface area contributed by atoms with Gasteiger partial charge in [0.2, 0.25) is 0 Å². The van der Waals surface area contributed by atoms with Gasteiger partial charge in [-0.05, 0) is 22.8 Å². The third-order valence-corrected chi connectivity index (χ3v) is 2.20. The zero-order valence-corrected chi connectivity index (χ0v) is 12.4. The molecule has 0 spiro atoms. The Balaban J connectivity index is 0.000000921. The van der Waals surface area contributed by atoms with Crippen molar-refractivity contribution in [1.82, 2.24) is 4.98 Å². The maximum atomic E-state index is 4.83. The average molecular weight is 441 g/mol. The van der Waals surface area contributed by atoms with Crippen molar-refractivity contribution in [3.63, 3.8) is 0 Å². The van der Waals surface area contributed by atoms with Crippen molar-refractivity contribution in [2.24, 2.45) is 10.2 Å². The quantitative estimate of drug-likeness (QED) is 0.307. The molecule has 0 aromatic carbocycles. The molecule has 0 radical (unpaired) electrons. The van der Waals surface area contributed by atoms with Crippen molar-refractivity contribution in [2.75, 3.05) is 6.26 Å². The first-order valence-electron chi connectivity index (χ1n) is 3.68. The Labute approximate surface area is 114 Å². The summed E-state index contributed by atoms with van der Waals surface area (Å²) in [7, 11) is 4.61. The summed E-state index contributed by atoms with van der Waals surface area (Å²) < 4.78 is 0.521. The number of halogens is 1. The van der Waals surface area contributed by atoms with Crippen LogP contribution in [-0.4, -0.2) is 21.8 Å². The molecule has 0 aliphatic heterocycles. The van der Waals surface area contributed by atoms with Crippen LogP contribution in [0.1, 0.15) is 5.69 Å². The number of aromatic nitrogens is 1.